The predicted octanol–water partition coefficient (Wildman–Crippen LogP) is 5.70. The van der Waals surface area contributed by atoms with Crippen molar-refractivity contribution in [3.05, 3.63) is 77.4 Å². The van der Waals surface area contributed by atoms with E-state index in [1.54, 1.807) is 0 Å². The highest BCUT2D eigenvalue weighted by Crippen LogP contribution is 2.29. The van der Waals surface area contributed by atoms with Crippen LogP contribution in [0, 0.1) is 20.8 Å². The zero-order chi connectivity index (χ0) is 18.5. The minimum absolute atomic E-state index is 0.776. The number of fused-ring (bicyclic) bond motifs is 5. The van der Waals surface area contributed by atoms with Gasteiger partial charge in [-0.3, -0.25) is 4.40 Å². The highest BCUT2D eigenvalue weighted by Gasteiger charge is 2.15. The van der Waals surface area contributed by atoms with Gasteiger partial charge in [0.2, 0.25) is 5.95 Å². The molecule has 2 aromatic heterocycles. The number of aromatic nitrogens is 3. The first kappa shape index (κ1) is 15.8. The van der Waals surface area contributed by atoms with Crippen LogP contribution in [0.2, 0.25) is 0 Å². The van der Waals surface area contributed by atoms with Gasteiger partial charge in [-0.15, -0.1) is 0 Å². The van der Waals surface area contributed by atoms with Crippen molar-refractivity contribution < 1.29 is 0 Å². The maximum atomic E-state index is 4.94. The van der Waals surface area contributed by atoms with Gasteiger partial charge in [0.25, 0.3) is 0 Å². The van der Waals surface area contributed by atoms with Gasteiger partial charge < -0.3 is 5.32 Å². The minimum atomic E-state index is 0.776. The summed E-state index contributed by atoms with van der Waals surface area (Å²) in [5, 5.41) is 4.54. The van der Waals surface area contributed by atoms with Gasteiger partial charge in [0.1, 0.15) is 5.65 Å². The van der Waals surface area contributed by atoms with E-state index in [1.165, 1.54) is 16.7 Å². The lowest BCUT2D eigenvalue weighted by Gasteiger charge is -2.11. The van der Waals surface area contributed by atoms with Crippen molar-refractivity contribution in [3.8, 4) is 0 Å². The predicted molar refractivity (Wildman–Crippen MR) is 112 cm³/mol. The lowest BCUT2D eigenvalue weighted by molar-refractivity contribution is 1.15. The van der Waals surface area contributed by atoms with E-state index in [0.717, 1.165) is 39.2 Å². The lowest BCUT2D eigenvalue weighted by atomic mass is 10.1. The summed E-state index contributed by atoms with van der Waals surface area (Å²) in [6.45, 7) is 6.35. The van der Waals surface area contributed by atoms with Crippen LogP contribution < -0.4 is 5.32 Å². The third-order valence-corrected chi connectivity index (χ3v) is 5.16. The van der Waals surface area contributed by atoms with E-state index in [2.05, 4.69) is 73.0 Å². The first-order valence-electron chi connectivity index (χ1n) is 9.12. The molecular weight excluding hydrogens is 332 g/mol. The van der Waals surface area contributed by atoms with E-state index in [4.69, 9.17) is 9.97 Å². The fourth-order valence-corrected chi connectivity index (χ4v) is 3.50. The van der Waals surface area contributed by atoms with E-state index in [1.807, 2.05) is 18.2 Å². The Morgan fingerprint density at radius 3 is 2.33 bits per heavy atom. The van der Waals surface area contributed by atoms with Crippen molar-refractivity contribution in [2.75, 3.05) is 5.32 Å². The molecule has 0 aliphatic carbocycles. The zero-order valence-electron chi connectivity index (χ0n) is 15.6. The number of anilines is 2. The summed E-state index contributed by atoms with van der Waals surface area (Å²) in [6.07, 6.45) is 0. The van der Waals surface area contributed by atoms with Gasteiger partial charge >= 0.3 is 0 Å². The Morgan fingerprint density at radius 1 is 0.778 bits per heavy atom. The summed E-state index contributed by atoms with van der Waals surface area (Å²) >= 11 is 0. The van der Waals surface area contributed by atoms with Crippen LogP contribution in [0.25, 0.3) is 27.6 Å². The maximum Gasteiger partial charge on any atom is 0.214 e. The molecule has 4 nitrogen and oxygen atoms in total. The van der Waals surface area contributed by atoms with Gasteiger partial charge in [0, 0.05) is 11.1 Å². The molecule has 132 valence electrons. The molecule has 5 rings (SSSR count). The molecule has 0 aliphatic heterocycles. The molecule has 27 heavy (non-hydrogen) atoms. The lowest BCUT2D eigenvalue weighted by Crippen LogP contribution is -2.02. The van der Waals surface area contributed by atoms with Gasteiger partial charge in [-0.25, -0.2) is 9.97 Å². The summed E-state index contributed by atoms with van der Waals surface area (Å²) in [5.41, 5.74) is 8.66. The number of nitrogens with one attached hydrogen (secondary N) is 1. The molecule has 0 saturated heterocycles. The minimum Gasteiger partial charge on any atom is -0.325 e. The van der Waals surface area contributed by atoms with Gasteiger partial charge in [-0.05, 0) is 68.3 Å². The summed E-state index contributed by atoms with van der Waals surface area (Å²) in [7, 11) is 0. The van der Waals surface area contributed by atoms with Crippen LogP contribution in [0.1, 0.15) is 16.7 Å². The molecule has 0 bridgehead atoms. The quantitative estimate of drug-likeness (QED) is 0.443. The van der Waals surface area contributed by atoms with E-state index >= 15 is 0 Å². The summed E-state index contributed by atoms with van der Waals surface area (Å²) in [6, 6.07) is 20.9. The van der Waals surface area contributed by atoms with Crippen LogP contribution in [-0.4, -0.2) is 14.4 Å². The van der Waals surface area contributed by atoms with E-state index in [9.17, 15) is 0 Å². The third kappa shape index (κ3) is 2.53. The number of hydrogen-bond acceptors (Lipinski definition) is 3. The van der Waals surface area contributed by atoms with E-state index in [-0.39, 0.29) is 0 Å². The molecule has 4 heteroatoms. The summed E-state index contributed by atoms with van der Waals surface area (Å²) < 4.78 is 2.13. The van der Waals surface area contributed by atoms with Gasteiger partial charge in [0.15, 0.2) is 0 Å². The van der Waals surface area contributed by atoms with Crippen molar-refractivity contribution in [2.45, 2.75) is 20.8 Å². The molecule has 0 unspecified atom stereocenters. The Kier molecular flexibility index (Phi) is 3.41. The van der Waals surface area contributed by atoms with Crippen LogP contribution in [0.15, 0.2) is 60.7 Å². The van der Waals surface area contributed by atoms with Crippen molar-refractivity contribution >= 4 is 39.2 Å². The van der Waals surface area contributed by atoms with Crippen LogP contribution in [0.4, 0.5) is 11.6 Å². The highest BCUT2D eigenvalue weighted by atomic mass is 15.2. The van der Waals surface area contributed by atoms with Gasteiger partial charge in [-0.2, -0.15) is 0 Å². The molecular formula is C23H20N4. The molecule has 1 N–H and O–H groups in total. The number of rotatable bonds is 2. The van der Waals surface area contributed by atoms with E-state index < -0.39 is 0 Å². The SMILES string of the molecule is Cc1ccc(Nc2nc3ccccc3c3nc4cc(C)c(C)cc4n23)cc1. The third-order valence-electron chi connectivity index (χ3n) is 5.16. The molecule has 0 fully saturated rings. The van der Waals surface area contributed by atoms with Crippen LogP contribution in [0.5, 0.6) is 0 Å². The molecule has 0 atom stereocenters. The largest absolute Gasteiger partial charge is 0.325 e. The average Bonchev–Trinajstić information content (AvgIpc) is 3.03. The molecule has 0 saturated carbocycles. The second kappa shape index (κ2) is 5.81. The Morgan fingerprint density at radius 2 is 1.52 bits per heavy atom. The summed E-state index contributed by atoms with van der Waals surface area (Å²) in [4.78, 5) is 9.85. The Bertz CT molecular complexity index is 1310. The number of hydrogen-bond donors (Lipinski definition) is 1. The van der Waals surface area contributed by atoms with E-state index in [0.29, 0.717) is 0 Å². The van der Waals surface area contributed by atoms with Crippen LogP contribution in [-0.2, 0) is 0 Å². The number of benzene rings is 3. The second-order valence-electron chi connectivity index (χ2n) is 7.14. The van der Waals surface area contributed by atoms with Gasteiger partial charge in [-0.1, -0.05) is 29.8 Å². The zero-order valence-corrected chi connectivity index (χ0v) is 15.6. The Balaban J connectivity index is 1.86. The van der Waals surface area contributed by atoms with Crippen molar-refractivity contribution in [1.82, 2.24) is 14.4 Å². The smallest absolute Gasteiger partial charge is 0.214 e. The fraction of sp³-hybridized carbons (Fsp3) is 0.130. The molecule has 2 heterocycles. The molecule has 0 aliphatic rings. The van der Waals surface area contributed by atoms with Crippen LogP contribution >= 0.6 is 0 Å². The standard InChI is InChI=1S/C23H20N4/c1-14-8-10-17(11-9-14)24-23-26-19-7-5-4-6-18(19)22-25-20-12-15(2)16(3)13-21(20)27(22)23/h4-13H,1-3H3,(H,24,26). The fourth-order valence-electron chi connectivity index (χ4n) is 3.50. The number of imidazole rings is 1. The maximum absolute atomic E-state index is 4.94. The summed E-state index contributed by atoms with van der Waals surface area (Å²) in [5.74, 6) is 0.776. The van der Waals surface area contributed by atoms with Crippen molar-refractivity contribution in [3.63, 3.8) is 0 Å². The van der Waals surface area contributed by atoms with Gasteiger partial charge in [0.05, 0.1) is 16.6 Å². The first-order valence-corrected chi connectivity index (χ1v) is 9.12. The number of para-hydroxylation sites is 1. The monoisotopic (exact) mass is 352 g/mol. The number of nitrogens with zero attached hydrogens (tertiary/aromatic N) is 3. The first-order chi connectivity index (χ1) is 13.1. The molecule has 0 spiro atoms. The number of aryl methyl sites for hydroxylation is 3. The molecule has 3 aromatic carbocycles. The normalized spacial score (nSPS) is 11.5. The second-order valence-corrected chi connectivity index (χ2v) is 7.14. The van der Waals surface area contributed by atoms with Crippen molar-refractivity contribution in [2.24, 2.45) is 0 Å². The molecule has 0 radical (unpaired) electrons. The Hall–Kier alpha value is -3.40. The Labute approximate surface area is 157 Å². The van der Waals surface area contributed by atoms with Crippen molar-refractivity contribution in [1.29, 1.82) is 0 Å². The highest BCUT2D eigenvalue weighted by molar-refractivity contribution is 5.98. The molecule has 5 aromatic rings. The topological polar surface area (TPSA) is 42.2 Å². The average molecular weight is 352 g/mol. The molecule has 0 amide bonds. The van der Waals surface area contributed by atoms with Crippen LogP contribution in [0.3, 0.4) is 0 Å².